The summed E-state index contributed by atoms with van der Waals surface area (Å²) in [7, 11) is 0. The molecule has 2 amide bonds. The number of anilines is 1. The average Bonchev–Trinajstić information content (AvgIpc) is 2.77. The van der Waals surface area contributed by atoms with Gasteiger partial charge in [0.15, 0.2) is 0 Å². The molecule has 0 bridgehead atoms. The van der Waals surface area contributed by atoms with E-state index in [9.17, 15) is 14.7 Å². The van der Waals surface area contributed by atoms with Crippen molar-refractivity contribution in [2.24, 2.45) is 5.92 Å². The van der Waals surface area contributed by atoms with Gasteiger partial charge in [-0.15, -0.1) is 0 Å². The van der Waals surface area contributed by atoms with E-state index in [0.717, 1.165) is 22.4 Å². The van der Waals surface area contributed by atoms with Gasteiger partial charge in [0.05, 0.1) is 0 Å². The smallest absolute Gasteiger partial charge is 0.246 e. The van der Waals surface area contributed by atoms with E-state index in [1.54, 1.807) is 35.5 Å². The Morgan fingerprint density at radius 1 is 1.00 bits per heavy atom. The molecule has 6 heteroatoms. The lowest BCUT2D eigenvalue weighted by molar-refractivity contribution is -0.130. The van der Waals surface area contributed by atoms with E-state index >= 15 is 0 Å². The summed E-state index contributed by atoms with van der Waals surface area (Å²) in [6.45, 7) is 13.5. The van der Waals surface area contributed by atoms with Gasteiger partial charge in [0.25, 0.3) is 0 Å². The standard InChI is InChI=1S/C28H37N3O3/c1-27(2,3)22-17-19(18-23(25(22)33)28(4,5)6)7-8-24(32)31-15-11-20(12-16-31)26(34)30-21-9-13-29-14-10-21/h7-10,13-14,17-18,20,33H,11-12,15-16H2,1-6H3,(H,29,30,34)/b8-7+. The molecule has 3 rings (SSSR count). The molecular weight excluding hydrogens is 426 g/mol. The van der Waals surface area contributed by atoms with Crippen LogP contribution < -0.4 is 5.32 Å². The van der Waals surface area contributed by atoms with Crippen molar-refractivity contribution in [2.75, 3.05) is 18.4 Å². The zero-order chi connectivity index (χ0) is 25.1. The summed E-state index contributed by atoms with van der Waals surface area (Å²) in [5.41, 5.74) is 2.92. The molecule has 2 N–H and O–H groups in total. The van der Waals surface area contributed by atoms with Crippen LogP contribution in [0.4, 0.5) is 5.69 Å². The number of phenolic OH excluding ortho intramolecular Hbond substituents is 1. The molecule has 0 atom stereocenters. The molecule has 34 heavy (non-hydrogen) atoms. The van der Waals surface area contributed by atoms with Gasteiger partial charge in [0.2, 0.25) is 11.8 Å². The predicted molar refractivity (Wildman–Crippen MR) is 137 cm³/mol. The molecule has 0 saturated carbocycles. The average molecular weight is 464 g/mol. The number of piperidine rings is 1. The third kappa shape index (κ3) is 6.25. The van der Waals surface area contributed by atoms with Crippen LogP contribution in [-0.4, -0.2) is 39.9 Å². The molecule has 2 aromatic rings. The minimum absolute atomic E-state index is 0.0117. The third-order valence-corrected chi connectivity index (χ3v) is 6.29. The van der Waals surface area contributed by atoms with Gasteiger partial charge >= 0.3 is 0 Å². The van der Waals surface area contributed by atoms with Gasteiger partial charge < -0.3 is 15.3 Å². The first-order valence-electron chi connectivity index (χ1n) is 11.9. The van der Waals surface area contributed by atoms with Gasteiger partial charge in [-0.2, -0.15) is 0 Å². The van der Waals surface area contributed by atoms with Crippen molar-refractivity contribution in [3.63, 3.8) is 0 Å². The highest BCUT2D eigenvalue weighted by Gasteiger charge is 2.28. The second kappa shape index (κ2) is 10.00. The van der Waals surface area contributed by atoms with Gasteiger partial charge in [0, 0.05) is 54.3 Å². The second-order valence-corrected chi connectivity index (χ2v) is 11.1. The van der Waals surface area contributed by atoms with E-state index in [-0.39, 0.29) is 28.6 Å². The van der Waals surface area contributed by atoms with Crippen molar-refractivity contribution in [3.8, 4) is 5.75 Å². The predicted octanol–water partition coefficient (Wildman–Crippen LogP) is 5.27. The summed E-state index contributed by atoms with van der Waals surface area (Å²) in [5.74, 6) is 0.149. The summed E-state index contributed by atoms with van der Waals surface area (Å²) >= 11 is 0. The number of hydrogen-bond acceptors (Lipinski definition) is 4. The Bertz CT molecular complexity index is 1020. The molecular formula is C28H37N3O3. The van der Waals surface area contributed by atoms with E-state index in [0.29, 0.717) is 31.7 Å². The summed E-state index contributed by atoms with van der Waals surface area (Å²) in [5, 5.41) is 13.8. The molecule has 182 valence electrons. The van der Waals surface area contributed by atoms with Gasteiger partial charge in [-0.05, 0) is 59.6 Å². The number of likely N-dealkylation sites (tertiary alicyclic amines) is 1. The highest BCUT2D eigenvalue weighted by Crippen LogP contribution is 2.40. The fraction of sp³-hybridized carbons (Fsp3) is 0.464. The Morgan fingerprint density at radius 3 is 2.03 bits per heavy atom. The van der Waals surface area contributed by atoms with Gasteiger partial charge in [0.1, 0.15) is 5.75 Å². The van der Waals surface area contributed by atoms with Crippen molar-refractivity contribution < 1.29 is 14.7 Å². The number of hydrogen-bond donors (Lipinski definition) is 2. The van der Waals surface area contributed by atoms with Crippen LogP contribution in [0.1, 0.15) is 71.1 Å². The first kappa shape index (κ1) is 25.5. The largest absolute Gasteiger partial charge is 0.507 e. The minimum Gasteiger partial charge on any atom is -0.507 e. The van der Waals surface area contributed by atoms with Crippen LogP contribution in [0.5, 0.6) is 5.75 Å². The summed E-state index contributed by atoms with van der Waals surface area (Å²) in [6, 6.07) is 7.45. The molecule has 1 aromatic carbocycles. The number of carbonyl (C=O) groups excluding carboxylic acids is 2. The normalized spacial score (nSPS) is 15.5. The van der Waals surface area contributed by atoms with Crippen molar-refractivity contribution in [1.29, 1.82) is 0 Å². The number of aromatic hydroxyl groups is 1. The molecule has 0 unspecified atom stereocenters. The Balaban J connectivity index is 1.67. The topological polar surface area (TPSA) is 82.5 Å². The molecule has 6 nitrogen and oxygen atoms in total. The maximum absolute atomic E-state index is 12.9. The highest BCUT2D eigenvalue weighted by molar-refractivity contribution is 5.94. The molecule has 2 heterocycles. The molecule has 1 saturated heterocycles. The first-order valence-corrected chi connectivity index (χ1v) is 11.9. The molecule has 1 aliphatic heterocycles. The minimum atomic E-state index is -0.226. The summed E-state index contributed by atoms with van der Waals surface area (Å²) in [4.78, 5) is 31.1. The lowest BCUT2D eigenvalue weighted by atomic mass is 9.78. The van der Waals surface area contributed by atoms with Crippen LogP contribution in [0.15, 0.2) is 42.7 Å². The van der Waals surface area contributed by atoms with Gasteiger partial charge in [-0.25, -0.2) is 0 Å². The number of nitrogens with one attached hydrogen (secondary N) is 1. The number of amides is 2. The quantitative estimate of drug-likeness (QED) is 0.605. The first-order chi connectivity index (χ1) is 15.9. The maximum Gasteiger partial charge on any atom is 0.246 e. The summed E-state index contributed by atoms with van der Waals surface area (Å²) < 4.78 is 0. The van der Waals surface area contributed by atoms with Crippen molar-refractivity contribution in [1.82, 2.24) is 9.88 Å². The van der Waals surface area contributed by atoms with E-state index in [4.69, 9.17) is 0 Å². The van der Waals surface area contributed by atoms with Crippen molar-refractivity contribution >= 4 is 23.6 Å². The van der Waals surface area contributed by atoms with Crippen LogP contribution in [0.2, 0.25) is 0 Å². The number of benzene rings is 1. The molecule has 0 aliphatic carbocycles. The lowest BCUT2D eigenvalue weighted by Crippen LogP contribution is -2.40. The molecule has 1 fully saturated rings. The van der Waals surface area contributed by atoms with Crippen molar-refractivity contribution in [2.45, 2.75) is 65.2 Å². The zero-order valence-corrected chi connectivity index (χ0v) is 21.2. The Kier molecular flexibility index (Phi) is 7.49. The van der Waals surface area contributed by atoms with Crippen molar-refractivity contribution in [3.05, 3.63) is 59.4 Å². The lowest BCUT2D eigenvalue weighted by Gasteiger charge is -2.30. The fourth-order valence-corrected chi connectivity index (χ4v) is 4.21. The van der Waals surface area contributed by atoms with Crippen LogP contribution in [0.25, 0.3) is 6.08 Å². The van der Waals surface area contributed by atoms with E-state index in [2.05, 4.69) is 51.8 Å². The number of aromatic nitrogens is 1. The molecule has 1 aliphatic rings. The third-order valence-electron chi connectivity index (χ3n) is 6.29. The highest BCUT2D eigenvalue weighted by atomic mass is 16.3. The monoisotopic (exact) mass is 463 g/mol. The van der Waals surface area contributed by atoms with Crippen LogP contribution in [0, 0.1) is 5.92 Å². The van der Waals surface area contributed by atoms with E-state index in [1.807, 2.05) is 18.2 Å². The number of carbonyl (C=O) groups is 2. The van der Waals surface area contributed by atoms with E-state index in [1.165, 1.54) is 0 Å². The molecule has 0 radical (unpaired) electrons. The second-order valence-electron chi connectivity index (χ2n) is 11.1. The number of rotatable bonds is 4. The Morgan fingerprint density at radius 2 is 1.53 bits per heavy atom. The SMILES string of the molecule is CC(C)(C)c1cc(/C=C/C(=O)N2CCC(C(=O)Nc3ccncc3)CC2)cc(C(C)(C)C)c1O. The number of pyridine rings is 1. The Labute approximate surface area is 203 Å². The Hall–Kier alpha value is -3.15. The maximum atomic E-state index is 12.9. The van der Waals surface area contributed by atoms with Gasteiger partial charge in [-0.1, -0.05) is 41.5 Å². The van der Waals surface area contributed by atoms with Crippen LogP contribution >= 0.6 is 0 Å². The van der Waals surface area contributed by atoms with Gasteiger partial charge in [-0.3, -0.25) is 14.6 Å². The van der Waals surface area contributed by atoms with E-state index < -0.39 is 0 Å². The molecule has 0 spiro atoms. The van der Waals surface area contributed by atoms with Crippen LogP contribution in [0.3, 0.4) is 0 Å². The molecule has 1 aromatic heterocycles. The van der Waals surface area contributed by atoms with Crippen LogP contribution in [-0.2, 0) is 20.4 Å². The fourth-order valence-electron chi connectivity index (χ4n) is 4.21. The summed E-state index contributed by atoms with van der Waals surface area (Å²) in [6.07, 6.45) is 7.99. The zero-order valence-electron chi connectivity index (χ0n) is 21.2. The number of phenols is 1. The number of nitrogens with zero attached hydrogens (tertiary/aromatic N) is 2.